The van der Waals surface area contributed by atoms with E-state index in [2.05, 4.69) is 52.1 Å². The molecule has 5 nitrogen and oxygen atoms in total. The molecule has 0 spiro atoms. The van der Waals surface area contributed by atoms with Crippen molar-refractivity contribution in [3.05, 3.63) is 58.7 Å². The average molecular weight is 367 g/mol. The quantitative estimate of drug-likeness (QED) is 0.428. The third kappa shape index (κ3) is 5.09. The van der Waals surface area contributed by atoms with Crippen LogP contribution in [-0.2, 0) is 10.8 Å². The number of nitrogens with one attached hydrogen (secondary N) is 1. The lowest BCUT2D eigenvalue weighted by molar-refractivity contribution is 0.0955. The normalized spacial score (nSPS) is 12.4. The van der Waals surface area contributed by atoms with E-state index in [1.54, 1.807) is 30.5 Å². The number of aromatic hydroxyl groups is 1. The van der Waals surface area contributed by atoms with Gasteiger partial charge in [-0.05, 0) is 52.8 Å². The first kappa shape index (κ1) is 20.5. The van der Waals surface area contributed by atoms with Crippen molar-refractivity contribution in [1.29, 1.82) is 0 Å². The lowest BCUT2D eigenvalue weighted by atomic mass is 9.78. The van der Waals surface area contributed by atoms with Crippen LogP contribution in [0.25, 0.3) is 0 Å². The molecule has 0 heterocycles. The molecule has 2 aromatic rings. The summed E-state index contributed by atoms with van der Waals surface area (Å²) in [5, 5.41) is 14.8. The Balaban J connectivity index is 2.31. The van der Waals surface area contributed by atoms with Gasteiger partial charge in [0.2, 0.25) is 0 Å². The lowest BCUT2D eigenvalue weighted by Crippen LogP contribution is -2.19. The Labute approximate surface area is 161 Å². The minimum atomic E-state index is -0.308. The Morgan fingerprint density at radius 2 is 1.48 bits per heavy atom. The zero-order chi connectivity index (χ0) is 20.4. The van der Waals surface area contributed by atoms with Gasteiger partial charge >= 0.3 is 0 Å². The number of nitrogen functional groups attached to an aromatic ring is 1. The van der Waals surface area contributed by atoms with Gasteiger partial charge in [-0.25, -0.2) is 5.43 Å². The molecule has 0 fully saturated rings. The molecule has 0 unspecified atom stereocenters. The van der Waals surface area contributed by atoms with E-state index in [0.29, 0.717) is 17.0 Å². The largest absolute Gasteiger partial charge is 0.507 e. The molecule has 0 aliphatic heterocycles. The summed E-state index contributed by atoms with van der Waals surface area (Å²) in [4.78, 5) is 12.1. The van der Waals surface area contributed by atoms with Gasteiger partial charge in [0.25, 0.3) is 5.91 Å². The molecule has 144 valence electrons. The number of amides is 1. The Morgan fingerprint density at radius 3 is 1.93 bits per heavy atom. The predicted molar refractivity (Wildman–Crippen MR) is 111 cm³/mol. The highest BCUT2D eigenvalue weighted by Crippen LogP contribution is 2.39. The molecule has 0 saturated carbocycles. The maximum Gasteiger partial charge on any atom is 0.271 e. The summed E-state index contributed by atoms with van der Waals surface area (Å²) >= 11 is 0. The number of carbonyl (C=O) groups excluding carboxylic acids is 1. The molecule has 0 aliphatic carbocycles. The van der Waals surface area contributed by atoms with Gasteiger partial charge in [-0.15, -0.1) is 0 Å². The van der Waals surface area contributed by atoms with Crippen molar-refractivity contribution in [2.75, 3.05) is 5.73 Å². The molecule has 0 atom stereocenters. The minimum Gasteiger partial charge on any atom is -0.507 e. The fraction of sp³-hybridized carbons (Fsp3) is 0.364. The highest BCUT2D eigenvalue weighted by molar-refractivity contribution is 5.95. The van der Waals surface area contributed by atoms with Crippen LogP contribution in [0.15, 0.2) is 41.5 Å². The number of nitrogens with zero attached hydrogens (tertiary/aromatic N) is 1. The number of hydrazone groups is 1. The van der Waals surface area contributed by atoms with Gasteiger partial charge in [0, 0.05) is 22.4 Å². The number of carbonyl (C=O) groups is 1. The fourth-order valence-corrected chi connectivity index (χ4v) is 2.74. The first-order valence-corrected chi connectivity index (χ1v) is 8.96. The standard InChI is InChI=1S/C22H29N3O2/c1-21(2,3)17-11-14(12-18(19(17)26)22(4,5)6)13-24-25-20(27)15-7-9-16(23)10-8-15/h7-13,26H,23H2,1-6H3,(H,25,27)/b24-13-. The molecule has 4 N–H and O–H groups in total. The van der Waals surface area contributed by atoms with Crippen molar-refractivity contribution in [1.82, 2.24) is 5.43 Å². The number of nitrogens with two attached hydrogens (primary N) is 1. The Bertz CT molecular complexity index is 820. The van der Waals surface area contributed by atoms with Crippen molar-refractivity contribution in [2.45, 2.75) is 52.4 Å². The summed E-state index contributed by atoms with van der Waals surface area (Å²) in [6.45, 7) is 12.3. The minimum absolute atomic E-state index is 0.221. The maximum atomic E-state index is 12.1. The zero-order valence-electron chi connectivity index (χ0n) is 16.9. The summed E-state index contributed by atoms with van der Waals surface area (Å²) < 4.78 is 0. The van der Waals surface area contributed by atoms with Crippen molar-refractivity contribution >= 4 is 17.8 Å². The summed E-state index contributed by atoms with van der Waals surface area (Å²) in [5.41, 5.74) is 11.3. The summed E-state index contributed by atoms with van der Waals surface area (Å²) in [6, 6.07) is 10.5. The van der Waals surface area contributed by atoms with E-state index in [0.717, 1.165) is 16.7 Å². The molecule has 0 aliphatic rings. The van der Waals surface area contributed by atoms with E-state index in [1.807, 2.05) is 12.1 Å². The summed E-state index contributed by atoms with van der Waals surface area (Å²) in [5.74, 6) is 0.00942. The van der Waals surface area contributed by atoms with E-state index in [9.17, 15) is 9.90 Å². The molecule has 0 saturated heterocycles. The van der Waals surface area contributed by atoms with Crippen molar-refractivity contribution in [3.8, 4) is 5.75 Å². The van der Waals surface area contributed by atoms with Gasteiger partial charge in [-0.3, -0.25) is 4.79 Å². The Hall–Kier alpha value is -2.82. The van der Waals surface area contributed by atoms with Crippen LogP contribution in [0.4, 0.5) is 5.69 Å². The van der Waals surface area contributed by atoms with Gasteiger partial charge in [0.1, 0.15) is 5.75 Å². The smallest absolute Gasteiger partial charge is 0.271 e. The van der Waals surface area contributed by atoms with Gasteiger partial charge < -0.3 is 10.8 Å². The molecular formula is C22H29N3O2. The zero-order valence-corrected chi connectivity index (χ0v) is 16.9. The second-order valence-electron chi connectivity index (χ2n) is 8.79. The van der Waals surface area contributed by atoms with Crippen LogP contribution >= 0.6 is 0 Å². The highest BCUT2D eigenvalue weighted by atomic mass is 16.3. The van der Waals surface area contributed by atoms with Crippen LogP contribution in [0.5, 0.6) is 5.75 Å². The van der Waals surface area contributed by atoms with E-state index in [1.165, 1.54) is 0 Å². The van der Waals surface area contributed by atoms with Gasteiger partial charge in [-0.2, -0.15) is 5.10 Å². The number of anilines is 1. The second kappa shape index (κ2) is 7.43. The monoisotopic (exact) mass is 367 g/mol. The molecular weight excluding hydrogens is 338 g/mol. The topological polar surface area (TPSA) is 87.7 Å². The van der Waals surface area contributed by atoms with Crippen LogP contribution in [0.3, 0.4) is 0 Å². The van der Waals surface area contributed by atoms with E-state index in [-0.39, 0.29) is 16.7 Å². The molecule has 1 amide bonds. The van der Waals surface area contributed by atoms with Crippen LogP contribution < -0.4 is 11.2 Å². The number of hydrogen-bond donors (Lipinski definition) is 3. The van der Waals surface area contributed by atoms with Crippen LogP contribution in [0.2, 0.25) is 0 Å². The van der Waals surface area contributed by atoms with E-state index < -0.39 is 0 Å². The van der Waals surface area contributed by atoms with Gasteiger partial charge in [-0.1, -0.05) is 41.5 Å². The Morgan fingerprint density at radius 1 is 1.00 bits per heavy atom. The van der Waals surface area contributed by atoms with Crippen LogP contribution in [-0.4, -0.2) is 17.2 Å². The number of rotatable bonds is 3. The molecule has 27 heavy (non-hydrogen) atoms. The third-order valence-corrected chi connectivity index (χ3v) is 4.30. The number of benzene rings is 2. The third-order valence-electron chi connectivity index (χ3n) is 4.30. The predicted octanol–water partition coefficient (Wildman–Crippen LogP) is 4.33. The molecule has 0 bridgehead atoms. The van der Waals surface area contributed by atoms with Crippen molar-refractivity contribution in [2.24, 2.45) is 5.10 Å². The first-order chi connectivity index (χ1) is 12.4. The van der Waals surface area contributed by atoms with Crippen LogP contribution in [0, 0.1) is 0 Å². The Kier molecular flexibility index (Phi) is 5.64. The average Bonchev–Trinajstić information content (AvgIpc) is 2.54. The fourth-order valence-electron chi connectivity index (χ4n) is 2.74. The van der Waals surface area contributed by atoms with E-state index >= 15 is 0 Å². The molecule has 2 rings (SSSR count). The summed E-state index contributed by atoms with van der Waals surface area (Å²) in [7, 11) is 0. The lowest BCUT2D eigenvalue weighted by Gasteiger charge is -2.27. The molecule has 0 aromatic heterocycles. The summed E-state index contributed by atoms with van der Waals surface area (Å²) in [6.07, 6.45) is 1.60. The van der Waals surface area contributed by atoms with Crippen molar-refractivity contribution < 1.29 is 9.90 Å². The first-order valence-electron chi connectivity index (χ1n) is 8.96. The number of hydrogen-bond acceptors (Lipinski definition) is 4. The second-order valence-corrected chi connectivity index (χ2v) is 8.79. The maximum absolute atomic E-state index is 12.1. The van der Waals surface area contributed by atoms with E-state index in [4.69, 9.17) is 5.73 Å². The van der Waals surface area contributed by atoms with Gasteiger partial charge in [0.05, 0.1) is 6.21 Å². The molecule has 2 aromatic carbocycles. The van der Waals surface area contributed by atoms with Crippen LogP contribution in [0.1, 0.15) is 68.6 Å². The van der Waals surface area contributed by atoms with Crippen molar-refractivity contribution in [3.63, 3.8) is 0 Å². The van der Waals surface area contributed by atoms with Gasteiger partial charge in [0.15, 0.2) is 0 Å². The SMILES string of the molecule is CC(C)(C)c1cc(/C=N\NC(=O)c2ccc(N)cc2)cc(C(C)(C)C)c1O. The molecule has 5 heteroatoms. The number of phenolic OH excluding ortho intramolecular Hbond substituents is 1. The number of phenols is 1. The highest BCUT2D eigenvalue weighted by Gasteiger charge is 2.26. The molecule has 0 radical (unpaired) electrons.